The van der Waals surface area contributed by atoms with E-state index in [1.165, 1.54) is 19.3 Å². The van der Waals surface area contributed by atoms with Crippen molar-refractivity contribution in [3.8, 4) is 0 Å². The molecule has 0 saturated heterocycles. The molecule has 0 aromatic heterocycles. The van der Waals surface area contributed by atoms with Crippen LogP contribution in [0, 0.1) is 11.8 Å². The second kappa shape index (κ2) is 9.64. The van der Waals surface area contributed by atoms with Gasteiger partial charge in [-0.1, -0.05) is 39.5 Å². The fraction of sp³-hybridized carbons (Fsp3) is 0.923. The smallest absolute Gasteiger partial charge is 0.306 e. The summed E-state index contributed by atoms with van der Waals surface area (Å²) in [6.07, 6.45) is 7.03. The van der Waals surface area contributed by atoms with Crippen LogP contribution in [-0.2, 0) is 4.79 Å². The Kier molecular flexibility index (Phi) is 9.30. The van der Waals surface area contributed by atoms with Gasteiger partial charge in [-0.25, -0.2) is 0 Å². The third-order valence-electron chi connectivity index (χ3n) is 3.27. The Bertz CT molecular complexity index is 183. The molecule has 0 spiro atoms. The van der Waals surface area contributed by atoms with E-state index in [9.17, 15) is 4.79 Å². The molecule has 0 saturated carbocycles. The summed E-state index contributed by atoms with van der Waals surface area (Å²) in [5, 5.41) is 9.13. The van der Waals surface area contributed by atoms with E-state index in [-0.39, 0.29) is 5.92 Å². The lowest BCUT2D eigenvalue weighted by molar-refractivity contribution is -0.142. The van der Waals surface area contributed by atoms with Crippen LogP contribution in [0.3, 0.4) is 0 Å². The van der Waals surface area contributed by atoms with Crippen molar-refractivity contribution >= 4 is 5.97 Å². The number of aliphatic carboxylic acids is 1. The molecule has 0 aliphatic carbocycles. The summed E-state index contributed by atoms with van der Waals surface area (Å²) in [7, 11) is 0. The molecule has 0 heterocycles. The van der Waals surface area contributed by atoms with Gasteiger partial charge in [0.25, 0.3) is 0 Å². The van der Waals surface area contributed by atoms with Gasteiger partial charge in [-0.3, -0.25) is 4.79 Å². The molecular weight excluding hydrogens is 202 g/mol. The van der Waals surface area contributed by atoms with Gasteiger partial charge < -0.3 is 10.8 Å². The number of rotatable bonds is 10. The molecule has 96 valence electrons. The van der Waals surface area contributed by atoms with Crippen molar-refractivity contribution in [2.45, 2.75) is 58.8 Å². The zero-order valence-electron chi connectivity index (χ0n) is 10.7. The van der Waals surface area contributed by atoms with Gasteiger partial charge in [-0.15, -0.1) is 0 Å². The van der Waals surface area contributed by atoms with Gasteiger partial charge in [0, 0.05) is 0 Å². The third kappa shape index (κ3) is 6.83. The number of nitrogens with two attached hydrogens (primary N) is 1. The minimum Gasteiger partial charge on any atom is -0.481 e. The third-order valence-corrected chi connectivity index (χ3v) is 3.27. The van der Waals surface area contributed by atoms with E-state index in [0.29, 0.717) is 12.5 Å². The SMILES string of the molecule is CCCCC(CC)CC(CCCN)C(=O)O. The van der Waals surface area contributed by atoms with E-state index in [1.807, 2.05) is 0 Å². The van der Waals surface area contributed by atoms with E-state index in [4.69, 9.17) is 10.8 Å². The lowest BCUT2D eigenvalue weighted by atomic mass is 9.86. The van der Waals surface area contributed by atoms with Crippen molar-refractivity contribution < 1.29 is 9.90 Å². The normalized spacial score (nSPS) is 14.7. The maximum absolute atomic E-state index is 11.1. The minimum absolute atomic E-state index is 0.189. The summed E-state index contributed by atoms with van der Waals surface area (Å²) in [5.74, 6) is -0.271. The first-order chi connectivity index (χ1) is 7.65. The second-order valence-corrected chi connectivity index (χ2v) is 4.62. The highest BCUT2D eigenvalue weighted by atomic mass is 16.4. The van der Waals surface area contributed by atoms with Crippen LogP contribution in [-0.4, -0.2) is 17.6 Å². The van der Waals surface area contributed by atoms with Crippen LogP contribution in [0.2, 0.25) is 0 Å². The monoisotopic (exact) mass is 229 g/mol. The summed E-state index contributed by atoms with van der Waals surface area (Å²) >= 11 is 0. The van der Waals surface area contributed by atoms with Crippen molar-refractivity contribution in [2.24, 2.45) is 17.6 Å². The van der Waals surface area contributed by atoms with Gasteiger partial charge in [-0.2, -0.15) is 0 Å². The molecule has 0 rings (SSSR count). The Morgan fingerprint density at radius 2 is 1.94 bits per heavy atom. The van der Waals surface area contributed by atoms with Gasteiger partial charge in [0.15, 0.2) is 0 Å². The average Bonchev–Trinajstić information content (AvgIpc) is 2.28. The zero-order chi connectivity index (χ0) is 12.4. The number of carboxylic acids is 1. The summed E-state index contributed by atoms with van der Waals surface area (Å²) in [4.78, 5) is 11.1. The van der Waals surface area contributed by atoms with Gasteiger partial charge in [0.05, 0.1) is 5.92 Å². The van der Waals surface area contributed by atoms with Crippen LogP contribution in [0.1, 0.15) is 58.8 Å². The number of carbonyl (C=O) groups is 1. The molecule has 0 aromatic carbocycles. The summed E-state index contributed by atoms with van der Waals surface area (Å²) < 4.78 is 0. The Balaban J connectivity index is 4.06. The Morgan fingerprint density at radius 1 is 1.25 bits per heavy atom. The van der Waals surface area contributed by atoms with Crippen LogP contribution < -0.4 is 5.73 Å². The lowest BCUT2D eigenvalue weighted by Gasteiger charge is -2.19. The average molecular weight is 229 g/mol. The van der Waals surface area contributed by atoms with Gasteiger partial charge in [-0.05, 0) is 31.7 Å². The molecule has 3 N–H and O–H groups in total. The first-order valence-electron chi connectivity index (χ1n) is 6.58. The quantitative estimate of drug-likeness (QED) is 0.605. The maximum Gasteiger partial charge on any atom is 0.306 e. The molecule has 0 aliphatic heterocycles. The molecule has 0 bridgehead atoms. The predicted octanol–water partition coefficient (Wildman–Crippen LogP) is 3.03. The summed E-state index contributed by atoms with van der Waals surface area (Å²) in [6.45, 7) is 4.92. The summed E-state index contributed by atoms with van der Waals surface area (Å²) in [6, 6.07) is 0. The number of carboxylic acid groups (broad SMARTS) is 1. The van der Waals surface area contributed by atoms with E-state index >= 15 is 0 Å². The van der Waals surface area contributed by atoms with Gasteiger partial charge in [0.2, 0.25) is 0 Å². The van der Waals surface area contributed by atoms with Crippen LogP contribution in [0.25, 0.3) is 0 Å². The van der Waals surface area contributed by atoms with Crippen LogP contribution in [0.4, 0.5) is 0 Å². The highest BCUT2D eigenvalue weighted by molar-refractivity contribution is 5.69. The molecule has 16 heavy (non-hydrogen) atoms. The number of hydrogen-bond acceptors (Lipinski definition) is 2. The fourth-order valence-electron chi connectivity index (χ4n) is 2.09. The molecule has 0 aliphatic rings. The van der Waals surface area contributed by atoms with Crippen molar-refractivity contribution in [1.29, 1.82) is 0 Å². The topological polar surface area (TPSA) is 63.3 Å². The molecule has 2 unspecified atom stereocenters. The van der Waals surface area contributed by atoms with Crippen molar-refractivity contribution in [1.82, 2.24) is 0 Å². The second-order valence-electron chi connectivity index (χ2n) is 4.62. The van der Waals surface area contributed by atoms with E-state index < -0.39 is 5.97 Å². The molecule has 3 heteroatoms. The van der Waals surface area contributed by atoms with Gasteiger partial charge in [0.1, 0.15) is 0 Å². The van der Waals surface area contributed by atoms with E-state index in [2.05, 4.69) is 13.8 Å². The number of hydrogen-bond donors (Lipinski definition) is 2. The summed E-state index contributed by atoms with van der Waals surface area (Å²) in [5.41, 5.74) is 5.43. The highest BCUT2D eigenvalue weighted by Gasteiger charge is 2.20. The van der Waals surface area contributed by atoms with E-state index in [0.717, 1.165) is 25.7 Å². The molecule has 3 nitrogen and oxygen atoms in total. The maximum atomic E-state index is 11.1. The first kappa shape index (κ1) is 15.4. The largest absolute Gasteiger partial charge is 0.481 e. The molecule has 0 aromatic rings. The lowest BCUT2D eigenvalue weighted by Crippen LogP contribution is -2.19. The van der Waals surface area contributed by atoms with Crippen LogP contribution in [0.5, 0.6) is 0 Å². The van der Waals surface area contributed by atoms with Crippen molar-refractivity contribution in [2.75, 3.05) is 6.54 Å². The highest BCUT2D eigenvalue weighted by Crippen LogP contribution is 2.24. The minimum atomic E-state index is -0.650. The molecule has 2 atom stereocenters. The molecule has 0 amide bonds. The van der Waals surface area contributed by atoms with Crippen LogP contribution in [0.15, 0.2) is 0 Å². The molecular formula is C13H27NO2. The predicted molar refractivity (Wildman–Crippen MR) is 67.3 cm³/mol. The first-order valence-corrected chi connectivity index (χ1v) is 6.58. The number of unbranched alkanes of at least 4 members (excludes halogenated alkanes) is 1. The molecule has 0 fully saturated rings. The van der Waals surface area contributed by atoms with Crippen molar-refractivity contribution in [3.63, 3.8) is 0 Å². The Morgan fingerprint density at radius 3 is 2.38 bits per heavy atom. The standard InChI is InChI=1S/C13H27NO2/c1-3-5-7-11(4-2)10-12(13(15)16)8-6-9-14/h11-12H,3-10,14H2,1-2H3,(H,15,16). The fourth-order valence-corrected chi connectivity index (χ4v) is 2.09. The van der Waals surface area contributed by atoms with Crippen molar-refractivity contribution in [3.05, 3.63) is 0 Å². The molecule has 0 radical (unpaired) electrons. The van der Waals surface area contributed by atoms with E-state index in [1.54, 1.807) is 0 Å². The van der Waals surface area contributed by atoms with Gasteiger partial charge >= 0.3 is 5.97 Å². The zero-order valence-corrected chi connectivity index (χ0v) is 10.7. The Hall–Kier alpha value is -0.570. The Labute approximate surface area is 99.4 Å². The van der Waals surface area contributed by atoms with Crippen LogP contribution >= 0.6 is 0 Å².